The number of benzene rings is 1. The van der Waals surface area contributed by atoms with E-state index in [9.17, 15) is 4.39 Å². The van der Waals surface area contributed by atoms with Crippen LogP contribution in [-0.2, 0) is 0 Å². The van der Waals surface area contributed by atoms with Crippen molar-refractivity contribution < 1.29 is 4.39 Å². The molecule has 0 spiro atoms. The standard InChI is InChI=1S/C12H12FN5/c13-8-1-3-9(4-2-8)18-11(14)10(7-17-18)12-15-5-6-16-12/h1-4,7H,5-6,14H2,(H,15,16). The van der Waals surface area contributed by atoms with E-state index in [0.29, 0.717) is 5.82 Å². The number of halogens is 1. The molecule has 1 aliphatic heterocycles. The predicted molar refractivity (Wildman–Crippen MR) is 67.3 cm³/mol. The molecule has 18 heavy (non-hydrogen) atoms. The molecule has 3 N–H and O–H groups in total. The van der Waals surface area contributed by atoms with Gasteiger partial charge in [0.05, 0.1) is 24.0 Å². The monoisotopic (exact) mass is 245 g/mol. The Morgan fingerprint density at radius 1 is 1.28 bits per heavy atom. The molecule has 0 aliphatic carbocycles. The lowest BCUT2D eigenvalue weighted by atomic mass is 10.3. The summed E-state index contributed by atoms with van der Waals surface area (Å²) in [6.07, 6.45) is 1.66. The van der Waals surface area contributed by atoms with E-state index < -0.39 is 0 Å². The summed E-state index contributed by atoms with van der Waals surface area (Å²) in [7, 11) is 0. The molecular formula is C12H12FN5. The summed E-state index contributed by atoms with van der Waals surface area (Å²) in [5.41, 5.74) is 7.54. The van der Waals surface area contributed by atoms with Gasteiger partial charge < -0.3 is 11.1 Å². The summed E-state index contributed by atoms with van der Waals surface area (Å²) in [5.74, 6) is 0.974. The van der Waals surface area contributed by atoms with E-state index >= 15 is 0 Å². The molecule has 1 aromatic carbocycles. The molecule has 0 saturated heterocycles. The Morgan fingerprint density at radius 2 is 2.06 bits per heavy atom. The van der Waals surface area contributed by atoms with Crippen LogP contribution in [0.4, 0.5) is 10.2 Å². The number of nitrogens with zero attached hydrogens (tertiary/aromatic N) is 3. The van der Waals surface area contributed by atoms with Crippen molar-refractivity contribution in [3.8, 4) is 5.69 Å². The largest absolute Gasteiger partial charge is 0.383 e. The van der Waals surface area contributed by atoms with Crippen LogP contribution in [0.5, 0.6) is 0 Å². The number of nitrogens with two attached hydrogens (primary N) is 1. The third kappa shape index (κ3) is 1.71. The number of rotatable bonds is 2. The second-order valence-corrected chi connectivity index (χ2v) is 3.99. The van der Waals surface area contributed by atoms with E-state index in [1.165, 1.54) is 12.1 Å². The van der Waals surface area contributed by atoms with E-state index in [1.54, 1.807) is 23.0 Å². The lowest BCUT2D eigenvalue weighted by Crippen LogP contribution is -2.20. The molecule has 3 rings (SSSR count). The van der Waals surface area contributed by atoms with Gasteiger partial charge in [-0.25, -0.2) is 9.07 Å². The maximum atomic E-state index is 12.9. The number of nitrogens with one attached hydrogen (secondary N) is 1. The van der Waals surface area contributed by atoms with Crippen LogP contribution in [0.2, 0.25) is 0 Å². The van der Waals surface area contributed by atoms with Crippen molar-refractivity contribution in [2.45, 2.75) is 0 Å². The molecule has 0 saturated carbocycles. The van der Waals surface area contributed by atoms with Crippen molar-refractivity contribution in [2.75, 3.05) is 18.8 Å². The highest BCUT2D eigenvalue weighted by atomic mass is 19.1. The van der Waals surface area contributed by atoms with Gasteiger partial charge in [0, 0.05) is 6.54 Å². The minimum absolute atomic E-state index is 0.286. The average Bonchev–Trinajstić information content (AvgIpc) is 2.99. The van der Waals surface area contributed by atoms with Gasteiger partial charge in [-0.15, -0.1) is 0 Å². The summed E-state index contributed by atoms with van der Waals surface area (Å²) in [6, 6.07) is 6.02. The highest BCUT2D eigenvalue weighted by molar-refractivity contribution is 6.03. The molecule has 0 amide bonds. The first kappa shape index (κ1) is 10.8. The van der Waals surface area contributed by atoms with Gasteiger partial charge >= 0.3 is 0 Å². The topological polar surface area (TPSA) is 68.2 Å². The van der Waals surface area contributed by atoms with E-state index in [2.05, 4.69) is 15.4 Å². The first-order chi connectivity index (χ1) is 8.75. The zero-order chi connectivity index (χ0) is 12.5. The minimum atomic E-state index is -0.286. The number of amidine groups is 1. The van der Waals surface area contributed by atoms with Crippen LogP contribution in [0.25, 0.3) is 5.69 Å². The SMILES string of the molecule is Nc1c(C2=NCCN2)cnn1-c1ccc(F)cc1. The van der Waals surface area contributed by atoms with Gasteiger partial charge in [0.15, 0.2) is 0 Å². The van der Waals surface area contributed by atoms with Gasteiger partial charge in [-0.05, 0) is 24.3 Å². The van der Waals surface area contributed by atoms with E-state index in [4.69, 9.17) is 5.73 Å². The second kappa shape index (κ2) is 4.14. The summed E-state index contributed by atoms with van der Waals surface area (Å²) >= 11 is 0. The quantitative estimate of drug-likeness (QED) is 0.827. The number of hydrogen-bond donors (Lipinski definition) is 2. The van der Waals surface area contributed by atoms with Gasteiger partial charge in [-0.1, -0.05) is 0 Å². The van der Waals surface area contributed by atoms with Crippen LogP contribution < -0.4 is 11.1 Å². The van der Waals surface area contributed by atoms with Crippen LogP contribution in [0.3, 0.4) is 0 Å². The fraction of sp³-hybridized carbons (Fsp3) is 0.167. The average molecular weight is 245 g/mol. The molecule has 0 bridgehead atoms. The summed E-state index contributed by atoms with van der Waals surface area (Å²) in [5, 5.41) is 7.35. The van der Waals surface area contributed by atoms with Crippen LogP contribution in [0.1, 0.15) is 5.56 Å². The van der Waals surface area contributed by atoms with Gasteiger partial charge in [-0.3, -0.25) is 4.99 Å². The molecule has 92 valence electrons. The third-order valence-electron chi connectivity index (χ3n) is 2.81. The van der Waals surface area contributed by atoms with Crippen LogP contribution in [-0.4, -0.2) is 28.7 Å². The Hall–Kier alpha value is -2.37. The first-order valence-electron chi connectivity index (χ1n) is 5.64. The molecular weight excluding hydrogens is 233 g/mol. The lowest BCUT2D eigenvalue weighted by Gasteiger charge is -2.05. The molecule has 1 aromatic heterocycles. The predicted octanol–water partition coefficient (Wildman–Crippen LogP) is 0.943. The second-order valence-electron chi connectivity index (χ2n) is 3.99. The smallest absolute Gasteiger partial charge is 0.138 e. The van der Waals surface area contributed by atoms with Gasteiger partial charge in [0.2, 0.25) is 0 Å². The molecule has 0 radical (unpaired) electrons. The molecule has 2 heterocycles. The van der Waals surface area contributed by atoms with E-state index in [1.807, 2.05) is 0 Å². The van der Waals surface area contributed by atoms with E-state index in [0.717, 1.165) is 30.2 Å². The van der Waals surface area contributed by atoms with Crippen molar-refractivity contribution in [3.05, 3.63) is 41.8 Å². The Balaban J connectivity index is 2.01. The molecule has 1 aliphatic rings. The Labute approximate surface area is 103 Å². The van der Waals surface area contributed by atoms with Crippen molar-refractivity contribution in [1.29, 1.82) is 0 Å². The number of anilines is 1. The number of hydrogen-bond acceptors (Lipinski definition) is 4. The molecule has 2 aromatic rings. The van der Waals surface area contributed by atoms with Crippen LogP contribution in [0, 0.1) is 5.82 Å². The first-order valence-corrected chi connectivity index (χ1v) is 5.64. The van der Waals surface area contributed by atoms with Gasteiger partial charge in [0.25, 0.3) is 0 Å². The zero-order valence-corrected chi connectivity index (χ0v) is 9.60. The third-order valence-corrected chi connectivity index (χ3v) is 2.81. The molecule has 0 unspecified atom stereocenters. The highest BCUT2D eigenvalue weighted by Crippen LogP contribution is 2.18. The number of aliphatic imine (C=N–C) groups is 1. The normalized spacial score (nSPS) is 14.4. The van der Waals surface area contributed by atoms with Crippen molar-refractivity contribution >= 4 is 11.7 Å². The fourth-order valence-corrected chi connectivity index (χ4v) is 1.91. The maximum Gasteiger partial charge on any atom is 0.138 e. The van der Waals surface area contributed by atoms with Crippen LogP contribution in [0.15, 0.2) is 35.5 Å². The molecule has 0 fully saturated rings. The Kier molecular flexibility index (Phi) is 2.47. The Morgan fingerprint density at radius 3 is 2.72 bits per heavy atom. The number of aromatic nitrogens is 2. The minimum Gasteiger partial charge on any atom is -0.383 e. The van der Waals surface area contributed by atoms with Crippen LogP contribution >= 0.6 is 0 Å². The zero-order valence-electron chi connectivity index (χ0n) is 9.60. The van der Waals surface area contributed by atoms with Gasteiger partial charge in [-0.2, -0.15) is 5.10 Å². The fourth-order valence-electron chi connectivity index (χ4n) is 1.91. The molecule has 5 nitrogen and oxygen atoms in total. The Bertz CT molecular complexity index is 599. The van der Waals surface area contributed by atoms with E-state index in [-0.39, 0.29) is 5.82 Å². The summed E-state index contributed by atoms with van der Waals surface area (Å²) in [4.78, 5) is 4.30. The summed E-state index contributed by atoms with van der Waals surface area (Å²) < 4.78 is 14.4. The highest BCUT2D eigenvalue weighted by Gasteiger charge is 2.16. The molecule has 0 atom stereocenters. The maximum absolute atomic E-state index is 12.9. The van der Waals surface area contributed by atoms with Crippen molar-refractivity contribution in [2.24, 2.45) is 4.99 Å². The lowest BCUT2D eigenvalue weighted by molar-refractivity contribution is 0.627. The number of nitrogen functional groups attached to an aromatic ring is 1. The summed E-state index contributed by atoms with van der Waals surface area (Å²) in [6.45, 7) is 1.56. The van der Waals surface area contributed by atoms with Crippen molar-refractivity contribution in [1.82, 2.24) is 15.1 Å². The van der Waals surface area contributed by atoms with Gasteiger partial charge in [0.1, 0.15) is 17.5 Å². The molecule has 6 heteroatoms. The van der Waals surface area contributed by atoms with Crippen molar-refractivity contribution in [3.63, 3.8) is 0 Å².